The van der Waals surface area contributed by atoms with Crippen LogP contribution >= 0.6 is 0 Å². The maximum Gasteiger partial charge on any atom is 0.193 e. The van der Waals surface area contributed by atoms with Gasteiger partial charge in [0, 0.05) is 11.6 Å². The second kappa shape index (κ2) is 9.69. The molecule has 0 fully saturated rings. The van der Waals surface area contributed by atoms with Gasteiger partial charge in [-0.1, -0.05) is 13.0 Å². The van der Waals surface area contributed by atoms with Gasteiger partial charge < -0.3 is 23.7 Å². The van der Waals surface area contributed by atoms with Gasteiger partial charge in [-0.25, -0.2) is 0 Å². The number of benzene rings is 2. The molecule has 0 bridgehead atoms. The summed E-state index contributed by atoms with van der Waals surface area (Å²) >= 11 is 0. The second-order valence-electron chi connectivity index (χ2n) is 5.85. The largest absolute Gasteiger partial charge is 0.496 e. The van der Waals surface area contributed by atoms with Gasteiger partial charge in [-0.15, -0.1) is 0 Å². The van der Waals surface area contributed by atoms with Crippen molar-refractivity contribution < 1.29 is 28.5 Å². The Morgan fingerprint density at radius 2 is 1.39 bits per heavy atom. The fraction of sp³-hybridized carbons (Fsp3) is 0.318. The van der Waals surface area contributed by atoms with Crippen LogP contribution in [0.3, 0.4) is 0 Å². The highest BCUT2D eigenvalue weighted by atomic mass is 16.5. The van der Waals surface area contributed by atoms with Crippen LogP contribution < -0.4 is 23.7 Å². The average molecular weight is 386 g/mol. The van der Waals surface area contributed by atoms with E-state index in [2.05, 4.69) is 6.92 Å². The Hall–Kier alpha value is -3.15. The number of carbonyl (C=O) groups is 1. The lowest BCUT2D eigenvalue weighted by molar-refractivity contribution is 0.104. The fourth-order valence-corrected chi connectivity index (χ4v) is 2.91. The van der Waals surface area contributed by atoms with Crippen molar-refractivity contribution in [3.63, 3.8) is 0 Å². The number of ether oxygens (including phenoxy) is 5. The molecule has 0 radical (unpaired) electrons. The molecule has 0 unspecified atom stereocenters. The number of allylic oxidation sites excluding steroid dienone is 1. The van der Waals surface area contributed by atoms with Crippen LogP contribution in [0.4, 0.5) is 0 Å². The van der Waals surface area contributed by atoms with E-state index in [1.54, 1.807) is 19.3 Å². The summed E-state index contributed by atoms with van der Waals surface area (Å²) in [6.07, 6.45) is 4.05. The van der Waals surface area contributed by atoms with Gasteiger partial charge in [0.2, 0.25) is 0 Å². The summed E-state index contributed by atoms with van der Waals surface area (Å²) in [5, 5.41) is 0. The number of methoxy groups -OCH3 is 5. The van der Waals surface area contributed by atoms with Gasteiger partial charge in [0.05, 0.1) is 35.5 Å². The zero-order chi connectivity index (χ0) is 20.7. The number of hydrogen-bond acceptors (Lipinski definition) is 6. The van der Waals surface area contributed by atoms with E-state index < -0.39 is 0 Å². The van der Waals surface area contributed by atoms with Crippen molar-refractivity contribution in [3.05, 3.63) is 47.0 Å². The van der Waals surface area contributed by atoms with Gasteiger partial charge >= 0.3 is 0 Å². The number of carbonyl (C=O) groups excluding carboxylic acids is 1. The number of hydrogen-bond donors (Lipinski definition) is 0. The van der Waals surface area contributed by atoms with Crippen LogP contribution in [0.5, 0.6) is 28.7 Å². The predicted molar refractivity (Wildman–Crippen MR) is 108 cm³/mol. The van der Waals surface area contributed by atoms with E-state index >= 15 is 0 Å². The van der Waals surface area contributed by atoms with Crippen molar-refractivity contribution in [2.45, 2.75) is 13.3 Å². The molecule has 0 aliphatic carbocycles. The van der Waals surface area contributed by atoms with Crippen LogP contribution in [0.25, 0.3) is 6.08 Å². The normalized spacial score (nSPS) is 10.6. The van der Waals surface area contributed by atoms with Crippen molar-refractivity contribution >= 4 is 11.9 Å². The first-order chi connectivity index (χ1) is 13.5. The summed E-state index contributed by atoms with van der Waals surface area (Å²) < 4.78 is 26.9. The van der Waals surface area contributed by atoms with Crippen molar-refractivity contribution in [1.29, 1.82) is 0 Å². The third kappa shape index (κ3) is 4.22. The lowest BCUT2D eigenvalue weighted by Crippen LogP contribution is -2.06. The molecule has 0 saturated carbocycles. The maximum absolute atomic E-state index is 13.1. The van der Waals surface area contributed by atoms with Crippen molar-refractivity contribution in [3.8, 4) is 28.7 Å². The smallest absolute Gasteiger partial charge is 0.193 e. The first kappa shape index (κ1) is 21.2. The average Bonchev–Trinajstić information content (AvgIpc) is 2.75. The number of ketones is 1. The molecule has 2 aromatic rings. The van der Waals surface area contributed by atoms with Gasteiger partial charge in [-0.3, -0.25) is 4.79 Å². The molecule has 2 aromatic carbocycles. The molecule has 0 aliphatic heterocycles. The Morgan fingerprint density at radius 3 is 1.86 bits per heavy atom. The minimum Gasteiger partial charge on any atom is -0.496 e. The molecule has 0 atom stereocenters. The van der Waals surface area contributed by atoms with Gasteiger partial charge in [0.15, 0.2) is 28.8 Å². The van der Waals surface area contributed by atoms with Crippen LogP contribution in [0.1, 0.15) is 28.4 Å². The molecule has 0 saturated heterocycles. The zero-order valence-electron chi connectivity index (χ0n) is 17.1. The SMILES string of the molecule is CCc1ccc(OC)c(C=CC(=O)c2c(OC)c(OC)cc(OC)c2OC)c1. The molecular weight excluding hydrogens is 360 g/mol. The molecule has 0 N–H and O–H groups in total. The minimum atomic E-state index is -0.310. The Balaban J connectivity index is 2.56. The summed E-state index contributed by atoms with van der Waals surface area (Å²) in [7, 11) is 7.53. The summed E-state index contributed by atoms with van der Waals surface area (Å²) in [5.41, 5.74) is 2.18. The summed E-state index contributed by atoms with van der Waals surface area (Å²) in [4.78, 5) is 13.1. The van der Waals surface area contributed by atoms with Crippen LogP contribution in [0.15, 0.2) is 30.3 Å². The van der Waals surface area contributed by atoms with E-state index in [9.17, 15) is 4.79 Å². The molecule has 0 aromatic heterocycles. The zero-order valence-corrected chi connectivity index (χ0v) is 17.1. The van der Waals surface area contributed by atoms with Crippen LogP contribution in [0, 0.1) is 0 Å². The molecule has 0 heterocycles. The highest BCUT2D eigenvalue weighted by Crippen LogP contribution is 2.44. The third-order valence-corrected chi connectivity index (χ3v) is 4.37. The lowest BCUT2D eigenvalue weighted by Gasteiger charge is -2.17. The molecule has 0 aliphatic rings. The van der Waals surface area contributed by atoms with Gasteiger partial charge in [0.1, 0.15) is 11.3 Å². The van der Waals surface area contributed by atoms with Crippen LogP contribution in [0.2, 0.25) is 0 Å². The molecule has 0 spiro atoms. The van der Waals surface area contributed by atoms with Crippen LogP contribution in [-0.4, -0.2) is 41.3 Å². The Bertz CT molecular complexity index is 840. The number of rotatable bonds is 9. The van der Waals surface area contributed by atoms with Crippen molar-refractivity contribution in [2.75, 3.05) is 35.5 Å². The Labute approximate surface area is 165 Å². The maximum atomic E-state index is 13.1. The van der Waals surface area contributed by atoms with E-state index in [1.807, 2.05) is 18.2 Å². The Morgan fingerprint density at radius 1 is 0.821 bits per heavy atom. The van der Waals surface area contributed by atoms with E-state index in [0.29, 0.717) is 17.2 Å². The molecule has 0 amide bonds. The lowest BCUT2D eigenvalue weighted by atomic mass is 10.0. The number of aryl methyl sites for hydroxylation is 1. The summed E-state index contributed by atoms with van der Waals surface area (Å²) in [5.74, 6) is 1.69. The van der Waals surface area contributed by atoms with Crippen molar-refractivity contribution in [1.82, 2.24) is 0 Å². The summed E-state index contributed by atoms with van der Waals surface area (Å²) in [6.45, 7) is 2.07. The summed E-state index contributed by atoms with van der Waals surface area (Å²) in [6, 6.07) is 7.49. The molecular formula is C22H26O6. The van der Waals surface area contributed by atoms with Crippen LogP contribution in [-0.2, 0) is 6.42 Å². The molecule has 6 heteroatoms. The standard InChI is InChI=1S/C22H26O6/c1-7-14-8-11-17(24-2)15(12-14)9-10-16(23)20-21(27-5)18(25-3)13-19(26-4)22(20)28-6/h8-13H,7H2,1-6H3. The third-order valence-electron chi connectivity index (χ3n) is 4.37. The highest BCUT2D eigenvalue weighted by molar-refractivity contribution is 6.11. The topological polar surface area (TPSA) is 63.2 Å². The first-order valence-electron chi connectivity index (χ1n) is 8.80. The van der Waals surface area contributed by atoms with Gasteiger partial charge in [0.25, 0.3) is 0 Å². The molecule has 150 valence electrons. The predicted octanol–water partition coefficient (Wildman–Crippen LogP) is 4.19. The fourth-order valence-electron chi connectivity index (χ4n) is 2.91. The van der Waals surface area contributed by atoms with Gasteiger partial charge in [-0.05, 0) is 36.3 Å². The quantitative estimate of drug-likeness (QED) is 0.476. The Kier molecular flexibility index (Phi) is 7.32. The van der Waals surface area contributed by atoms with E-state index in [-0.39, 0.29) is 22.8 Å². The first-order valence-corrected chi connectivity index (χ1v) is 8.80. The van der Waals surface area contributed by atoms with Gasteiger partial charge in [-0.2, -0.15) is 0 Å². The minimum absolute atomic E-state index is 0.225. The van der Waals surface area contributed by atoms with Crippen molar-refractivity contribution in [2.24, 2.45) is 0 Å². The van der Waals surface area contributed by atoms with E-state index in [4.69, 9.17) is 23.7 Å². The van der Waals surface area contributed by atoms with E-state index in [1.165, 1.54) is 34.5 Å². The van der Waals surface area contributed by atoms with E-state index in [0.717, 1.165) is 17.5 Å². The molecule has 2 rings (SSSR count). The second-order valence-corrected chi connectivity index (χ2v) is 5.85. The highest BCUT2D eigenvalue weighted by Gasteiger charge is 2.25. The molecule has 28 heavy (non-hydrogen) atoms. The molecule has 6 nitrogen and oxygen atoms in total. The monoisotopic (exact) mass is 386 g/mol.